The minimum atomic E-state index is -0.693. The lowest BCUT2D eigenvalue weighted by Gasteiger charge is -2.46. The average Bonchev–Trinajstić information content (AvgIpc) is 3.35. The maximum atomic E-state index is 14.1. The Morgan fingerprint density at radius 2 is 1.68 bits per heavy atom. The van der Waals surface area contributed by atoms with Crippen LogP contribution in [0.1, 0.15) is 84.6 Å². The summed E-state index contributed by atoms with van der Waals surface area (Å²) >= 11 is 0. The molecule has 1 aromatic rings. The lowest BCUT2D eigenvalue weighted by Crippen LogP contribution is -2.56. The van der Waals surface area contributed by atoms with Gasteiger partial charge >= 0.3 is 7.12 Å². The van der Waals surface area contributed by atoms with Crippen molar-refractivity contribution in [3.63, 3.8) is 0 Å². The molecule has 5 nitrogen and oxygen atoms in total. The Bertz CT molecular complexity index is 970. The standard InChI is InChI=1S/C27H38BFN2O3/c1-25(2)26(3,4)34-28(33-25)18-8-9-22-23(14-18)31(24(32)27(22)11-6-5-7-12-27)21-15-20(16-21)30-13-10-19(29)17-30/h8-9,14,19-21H,5-7,10-13,15-17H2,1-4H3/t19-,20?,21?/m0/s1. The van der Waals surface area contributed by atoms with Crippen LogP contribution in [0.25, 0.3) is 0 Å². The maximum absolute atomic E-state index is 14.1. The molecule has 1 aromatic carbocycles. The lowest BCUT2D eigenvalue weighted by atomic mass is 9.69. The first-order chi connectivity index (χ1) is 16.1. The van der Waals surface area contributed by atoms with Gasteiger partial charge in [0.25, 0.3) is 0 Å². The molecule has 7 heteroatoms. The summed E-state index contributed by atoms with van der Waals surface area (Å²) in [5, 5.41) is 0. The molecule has 2 saturated heterocycles. The zero-order valence-electron chi connectivity index (χ0n) is 21.1. The summed E-state index contributed by atoms with van der Waals surface area (Å²) in [4.78, 5) is 18.5. The molecule has 2 saturated carbocycles. The maximum Gasteiger partial charge on any atom is 0.494 e. The van der Waals surface area contributed by atoms with Crippen molar-refractivity contribution in [3.8, 4) is 0 Å². The molecule has 4 fully saturated rings. The highest BCUT2D eigenvalue weighted by atomic mass is 19.1. The third kappa shape index (κ3) is 3.33. The van der Waals surface area contributed by atoms with Gasteiger partial charge < -0.3 is 14.2 Å². The third-order valence-electron chi connectivity index (χ3n) is 9.79. The molecule has 0 N–H and O–H groups in total. The number of anilines is 1. The minimum Gasteiger partial charge on any atom is -0.399 e. The molecular formula is C27H38BFN2O3. The number of benzene rings is 1. The summed E-state index contributed by atoms with van der Waals surface area (Å²) in [6.45, 7) is 9.69. The van der Waals surface area contributed by atoms with Crippen molar-refractivity contribution in [2.24, 2.45) is 0 Å². The van der Waals surface area contributed by atoms with Crippen LogP contribution >= 0.6 is 0 Å². The van der Waals surface area contributed by atoms with Crippen molar-refractivity contribution in [2.45, 2.75) is 114 Å². The van der Waals surface area contributed by atoms with Gasteiger partial charge in [-0.2, -0.15) is 0 Å². The van der Waals surface area contributed by atoms with Crippen LogP contribution in [0, 0.1) is 0 Å². The number of fused-ring (bicyclic) bond motifs is 2. The molecule has 2 aliphatic carbocycles. The second-order valence-electron chi connectivity index (χ2n) is 12.3. The topological polar surface area (TPSA) is 42.0 Å². The van der Waals surface area contributed by atoms with Crippen LogP contribution in [0.2, 0.25) is 0 Å². The van der Waals surface area contributed by atoms with Gasteiger partial charge in [0, 0.05) is 30.9 Å². The van der Waals surface area contributed by atoms with E-state index in [1.807, 2.05) is 0 Å². The number of rotatable bonds is 3. The van der Waals surface area contributed by atoms with Crippen molar-refractivity contribution >= 4 is 24.2 Å². The van der Waals surface area contributed by atoms with E-state index >= 15 is 0 Å². The molecular weight excluding hydrogens is 430 g/mol. The van der Waals surface area contributed by atoms with Gasteiger partial charge in [-0.25, -0.2) is 4.39 Å². The van der Waals surface area contributed by atoms with E-state index < -0.39 is 24.5 Å². The van der Waals surface area contributed by atoms with Gasteiger partial charge in [0.15, 0.2) is 0 Å². The zero-order chi connectivity index (χ0) is 23.9. The lowest BCUT2D eigenvalue weighted by molar-refractivity contribution is -0.125. The second-order valence-corrected chi connectivity index (χ2v) is 12.3. The van der Waals surface area contributed by atoms with E-state index in [4.69, 9.17) is 9.31 Å². The highest BCUT2D eigenvalue weighted by Gasteiger charge is 2.56. The van der Waals surface area contributed by atoms with E-state index in [0.717, 1.165) is 56.2 Å². The first kappa shape index (κ1) is 23.0. The summed E-state index contributed by atoms with van der Waals surface area (Å²) in [7, 11) is -0.435. The largest absolute Gasteiger partial charge is 0.494 e. The second kappa shape index (κ2) is 7.78. The Kier molecular flexibility index (Phi) is 5.26. The van der Waals surface area contributed by atoms with E-state index in [1.165, 1.54) is 12.0 Å². The van der Waals surface area contributed by atoms with Crippen molar-refractivity contribution in [3.05, 3.63) is 23.8 Å². The number of carbonyl (C=O) groups is 1. The molecule has 6 rings (SSSR count). The monoisotopic (exact) mass is 468 g/mol. The van der Waals surface area contributed by atoms with Gasteiger partial charge in [-0.05, 0) is 76.9 Å². The highest BCUT2D eigenvalue weighted by molar-refractivity contribution is 6.62. The predicted molar refractivity (Wildman–Crippen MR) is 132 cm³/mol. The van der Waals surface area contributed by atoms with Gasteiger partial charge in [0.2, 0.25) is 5.91 Å². The van der Waals surface area contributed by atoms with Crippen LogP contribution < -0.4 is 10.4 Å². The molecule has 1 amide bonds. The van der Waals surface area contributed by atoms with E-state index in [9.17, 15) is 9.18 Å². The van der Waals surface area contributed by atoms with Crippen molar-refractivity contribution in [1.29, 1.82) is 0 Å². The van der Waals surface area contributed by atoms with Crippen molar-refractivity contribution in [2.75, 3.05) is 18.0 Å². The van der Waals surface area contributed by atoms with Gasteiger partial charge in [0.1, 0.15) is 6.17 Å². The van der Waals surface area contributed by atoms with Crippen LogP contribution in [0.3, 0.4) is 0 Å². The third-order valence-corrected chi connectivity index (χ3v) is 9.79. The molecule has 3 heterocycles. The van der Waals surface area contributed by atoms with Gasteiger partial charge in [-0.15, -0.1) is 0 Å². The van der Waals surface area contributed by atoms with E-state index in [1.54, 1.807) is 0 Å². The fraction of sp³-hybridized carbons (Fsp3) is 0.741. The van der Waals surface area contributed by atoms with Crippen LogP contribution in [0.4, 0.5) is 10.1 Å². The van der Waals surface area contributed by atoms with Crippen LogP contribution in [-0.4, -0.2) is 60.5 Å². The minimum absolute atomic E-state index is 0.199. The first-order valence-corrected chi connectivity index (χ1v) is 13.3. The molecule has 1 atom stereocenters. The summed E-state index contributed by atoms with van der Waals surface area (Å²) in [6, 6.07) is 7.06. The van der Waals surface area contributed by atoms with Gasteiger partial charge in [-0.1, -0.05) is 31.4 Å². The van der Waals surface area contributed by atoms with Gasteiger partial charge in [0.05, 0.1) is 16.6 Å². The van der Waals surface area contributed by atoms with Crippen LogP contribution in [0.15, 0.2) is 18.2 Å². The Labute approximate surface area is 203 Å². The zero-order valence-corrected chi connectivity index (χ0v) is 21.1. The number of likely N-dealkylation sites (tertiary alicyclic amines) is 1. The summed E-state index contributed by atoms with van der Waals surface area (Å²) in [5.74, 6) is 0.293. The SMILES string of the molecule is CC1(C)OB(c2ccc3c(c2)N(C2CC(N4CC[C@H](F)C4)C2)C(=O)C32CCCCC2)OC1(C)C. The van der Waals surface area contributed by atoms with Gasteiger partial charge in [-0.3, -0.25) is 9.69 Å². The van der Waals surface area contributed by atoms with E-state index in [-0.39, 0.29) is 11.5 Å². The molecule has 0 unspecified atom stereocenters. The number of hydrogen-bond donors (Lipinski definition) is 0. The number of nitrogens with zero attached hydrogens (tertiary/aromatic N) is 2. The molecule has 184 valence electrons. The molecule has 34 heavy (non-hydrogen) atoms. The van der Waals surface area contributed by atoms with E-state index in [0.29, 0.717) is 24.9 Å². The molecule has 3 aliphatic heterocycles. The Hall–Kier alpha value is -1.44. The fourth-order valence-electron chi connectivity index (χ4n) is 6.88. The number of hydrogen-bond acceptors (Lipinski definition) is 4. The highest BCUT2D eigenvalue weighted by Crippen LogP contribution is 2.52. The number of carbonyl (C=O) groups excluding carboxylic acids is 1. The normalized spacial score (nSPS) is 34.0. The Morgan fingerprint density at radius 3 is 2.29 bits per heavy atom. The fourth-order valence-corrected chi connectivity index (χ4v) is 6.88. The number of alkyl halides is 1. The Balaban J connectivity index is 1.31. The summed E-state index contributed by atoms with van der Waals surface area (Å²) in [6.07, 6.45) is 7.14. The van der Waals surface area contributed by atoms with E-state index in [2.05, 4.69) is 55.7 Å². The van der Waals surface area contributed by atoms with Crippen LogP contribution in [0.5, 0.6) is 0 Å². The van der Waals surface area contributed by atoms with Crippen molar-refractivity contribution < 1.29 is 18.5 Å². The average molecular weight is 468 g/mol. The molecule has 1 spiro atoms. The quantitative estimate of drug-likeness (QED) is 0.627. The molecule has 0 aromatic heterocycles. The molecule has 0 radical (unpaired) electrons. The molecule has 5 aliphatic rings. The number of amides is 1. The van der Waals surface area contributed by atoms with Crippen molar-refractivity contribution in [1.82, 2.24) is 4.90 Å². The smallest absolute Gasteiger partial charge is 0.399 e. The number of halogens is 1. The predicted octanol–water partition coefficient (Wildman–Crippen LogP) is 4.11. The molecule has 0 bridgehead atoms. The first-order valence-electron chi connectivity index (χ1n) is 13.3. The summed E-state index contributed by atoms with van der Waals surface area (Å²) < 4.78 is 26.4. The Morgan fingerprint density at radius 1 is 1.00 bits per heavy atom. The van der Waals surface area contributed by atoms with Crippen LogP contribution in [-0.2, 0) is 19.5 Å². The summed E-state index contributed by atoms with van der Waals surface area (Å²) in [5.41, 5.74) is 2.08.